The summed E-state index contributed by atoms with van der Waals surface area (Å²) in [6.45, 7) is 4.05. The molecule has 1 aromatic heterocycles. The third-order valence-corrected chi connectivity index (χ3v) is 3.24. The van der Waals surface area contributed by atoms with Crippen molar-refractivity contribution in [3.05, 3.63) is 21.9 Å². The number of hydrogen-bond donors (Lipinski definition) is 1. The predicted octanol–water partition coefficient (Wildman–Crippen LogP) is 2.70. The topological polar surface area (TPSA) is 35.8 Å². The van der Waals surface area contributed by atoms with Gasteiger partial charge >= 0.3 is 0 Å². The van der Waals surface area contributed by atoms with Crippen molar-refractivity contribution in [2.24, 2.45) is 0 Å². The summed E-state index contributed by atoms with van der Waals surface area (Å²) in [5.41, 5.74) is 0. The van der Waals surface area contributed by atoms with Gasteiger partial charge in [-0.15, -0.1) is 11.3 Å². The van der Waals surface area contributed by atoms with Gasteiger partial charge in [0.05, 0.1) is 6.07 Å². The number of rotatable bonds is 6. The first-order valence-electron chi connectivity index (χ1n) is 5.02. The molecule has 0 fully saturated rings. The molecule has 0 radical (unpaired) electrons. The Morgan fingerprint density at radius 1 is 1.43 bits per heavy atom. The van der Waals surface area contributed by atoms with Crippen LogP contribution < -0.4 is 5.32 Å². The molecule has 2 nitrogen and oxygen atoms in total. The largest absolute Gasteiger partial charge is 0.312 e. The minimum atomic E-state index is 0.650. The van der Waals surface area contributed by atoms with E-state index in [4.69, 9.17) is 5.26 Å². The Kier molecular flexibility index (Phi) is 5.28. The van der Waals surface area contributed by atoms with E-state index in [1.54, 1.807) is 0 Å². The van der Waals surface area contributed by atoms with Crippen LogP contribution in [-0.4, -0.2) is 6.54 Å². The van der Waals surface area contributed by atoms with Gasteiger partial charge in [-0.25, -0.2) is 0 Å². The number of nitrogens with one attached hydrogen (secondary N) is 1. The third-order valence-electron chi connectivity index (χ3n) is 2.01. The fraction of sp³-hybridized carbons (Fsp3) is 0.545. The quantitative estimate of drug-likeness (QED) is 0.730. The summed E-state index contributed by atoms with van der Waals surface area (Å²) in [6.07, 6.45) is 2.72. The molecule has 14 heavy (non-hydrogen) atoms. The van der Waals surface area contributed by atoms with Crippen molar-refractivity contribution in [3.8, 4) is 6.07 Å². The average Bonchev–Trinajstić information content (AvgIpc) is 2.65. The van der Waals surface area contributed by atoms with Gasteiger partial charge in [0.2, 0.25) is 0 Å². The summed E-state index contributed by atoms with van der Waals surface area (Å²) < 4.78 is 0. The smallest absolute Gasteiger partial charge is 0.0622 e. The lowest BCUT2D eigenvalue weighted by Crippen LogP contribution is -2.13. The number of thiophene rings is 1. The van der Waals surface area contributed by atoms with E-state index in [1.807, 2.05) is 11.3 Å². The van der Waals surface area contributed by atoms with Crippen LogP contribution in [0.3, 0.4) is 0 Å². The molecule has 1 N–H and O–H groups in total. The number of aryl methyl sites for hydroxylation is 1. The van der Waals surface area contributed by atoms with Crippen molar-refractivity contribution in [2.75, 3.05) is 6.54 Å². The summed E-state index contributed by atoms with van der Waals surface area (Å²) in [4.78, 5) is 2.83. The molecule has 0 aromatic carbocycles. The second-order valence-electron chi connectivity index (χ2n) is 3.16. The van der Waals surface area contributed by atoms with E-state index >= 15 is 0 Å². The zero-order valence-electron chi connectivity index (χ0n) is 8.55. The predicted molar refractivity (Wildman–Crippen MR) is 60.3 cm³/mol. The second kappa shape index (κ2) is 6.58. The lowest BCUT2D eigenvalue weighted by atomic mass is 10.3. The fourth-order valence-corrected chi connectivity index (χ4v) is 2.14. The molecule has 0 aliphatic carbocycles. The molecule has 0 unspecified atom stereocenters. The molecular formula is C11H16N2S. The van der Waals surface area contributed by atoms with Crippen LogP contribution in [0.25, 0.3) is 0 Å². The summed E-state index contributed by atoms with van der Waals surface area (Å²) in [7, 11) is 0. The maximum Gasteiger partial charge on any atom is 0.0622 e. The van der Waals surface area contributed by atoms with Crippen LogP contribution in [-0.2, 0) is 13.0 Å². The van der Waals surface area contributed by atoms with Gasteiger partial charge in [0, 0.05) is 22.7 Å². The minimum Gasteiger partial charge on any atom is -0.312 e. The Balaban J connectivity index is 2.15. The molecule has 0 bridgehead atoms. The first-order chi connectivity index (χ1) is 6.86. The van der Waals surface area contributed by atoms with E-state index in [-0.39, 0.29) is 0 Å². The van der Waals surface area contributed by atoms with Crippen molar-refractivity contribution in [1.82, 2.24) is 5.32 Å². The highest BCUT2D eigenvalue weighted by Gasteiger charge is 1.97. The van der Waals surface area contributed by atoms with Crippen LogP contribution in [0.15, 0.2) is 12.1 Å². The van der Waals surface area contributed by atoms with E-state index in [2.05, 4.69) is 30.4 Å². The number of hydrogen-bond acceptors (Lipinski definition) is 3. The molecular weight excluding hydrogens is 192 g/mol. The summed E-state index contributed by atoms with van der Waals surface area (Å²) >= 11 is 1.87. The summed E-state index contributed by atoms with van der Waals surface area (Å²) in [5, 5.41) is 11.7. The zero-order chi connectivity index (χ0) is 10.2. The highest BCUT2D eigenvalue weighted by Crippen LogP contribution is 2.16. The Hall–Kier alpha value is -0.850. The SMILES string of the molecule is CCc1ccc(CNCCCC#N)s1. The summed E-state index contributed by atoms with van der Waals surface area (Å²) in [5.74, 6) is 0. The molecule has 76 valence electrons. The Bertz CT molecular complexity index is 298. The van der Waals surface area contributed by atoms with Gasteiger partial charge in [0.15, 0.2) is 0 Å². The molecule has 0 atom stereocenters. The van der Waals surface area contributed by atoms with Crippen molar-refractivity contribution in [2.45, 2.75) is 32.7 Å². The molecule has 3 heteroatoms. The van der Waals surface area contributed by atoms with E-state index in [0.29, 0.717) is 6.42 Å². The Morgan fingerprint density at radius 3 is 2.86 bits per heavy atom. The molecule has 0 aliphatic heterocycles. The standard InChI is InChI=1S/C11H16N2S/c1-2-10-5-6-11(14-10)9-13-8-4-3-7-12/h5-6,13H,2-4,8-9H2,1H3. The van der Waals surface area contributed by atoms with Crippen LogP contribution >= 0.6 is 11.3 Å². The third kappa shape index (κ3) is 3.91. The lowest BCUT2D eigenvalue weighted by molar-refractivity contribution is 0.663. The minimum absolute atomic E-state index is 0.650. The van der Waals surface area contributed by atoms with Gasteiger partial charge in [0.1, 0.15) is 0 Å². The maximum atomic E-state index is 8.34. The van der Waals surface area contributed by atoms with E-state index in [0.717, 1.165) is 25.9 Å². The molecule has 0 amide bonds. The highest BCUT2D eigenvalue weighted by molar-refractivity contribution is 7.11. The highest BCUT2D eigenvalue weighted by atomic mass is 32.1. The van der Waals surface area contributed by atoms with E-state index in [1.165, 1.54) is 9.75 Å². The van der Waals surface area contributed by atoms with Gasteiger partial charge in [0.25, 0.3) is 0 Å². The van der Waals surface area contributed by atoms with Gasteiger partial charge in [-0.1, -0.05) is 6.92 Å². The molecule has 1 aromatic rings. The molecule has 0 saturated carbocycles. The first kappa shape index (κ1) is 11.2. The molecule has 0 spiro atoms. The van der Waals surface area contributed by atoms with Crippen molar-refractivity contribution < 1.29 is 0 Å². The Morgan fingerprint density at radius 2 is 2.21 bits per heavy atom. The number of nitriles is 1. The van der Waals surface area contributed by atoms with Crippen LogP contribution in [0.5, 0.6) is 0 Å². The average molecular weight is 208 g/mol. The van der Waals surface area contributed by atoms with Crippen molar-refractivity contribution >= 4 is 11.3 Å². The lowest BCUT2D eigenvalue weighted by Gasteiger charge is -1.99. The van der Waals surface area contributed by atoms with Crippen LogP contribution in [0.2, 0.25) is 0 Å². The van der Waals surface area contributed by atoms with Crippen LogP contribution in [0.4, 0.5) is 0 Å². The van der Waals surface area contributed by atoms with Crippen LogP contribution in [0, 0.1) is 11.3 Å². The summed E-state index contributed by atoms with van der Waals surface area (Å²) in [6, 6.07) is 6.51. The molecule has 1 heterocycles. The molecule has 0 aliphatic rings. The number of unbranched alkanes of at least 4 members (excludes halogenated alkanes) is 1. The second-order valence-corrected chi connectivity index (χ2v) is 4.41. The van der Waals surface area contributed by atoms with E-state index < -0.39 is 0 Å². The molecule has 0 saturated heterocycles. The maximum absolute atomic E-state index is 8.34. The normalized spacial score (nSPS) is 10.0. The van der Waals surface area contributed by atoms with Crippen molar-refractivity contribution in [1.29, 1.82) is 5.26 Å². The van der Waals surface area contributed by atoms with E-state index in [9.17, 15) is 0 Å². The van der Waals surface area contributed by atoms with Crippen LogP contribution in [0.1, 0.15) is 29.5 Å². The number of nitrogens with zero attached hydrogens (tertiary/aromatic N) is 1. The first-order valence-corrected chi connectivity index (χ1v) is 5.83. The fourth-order valence-electron chi connectivity index (χ4n) is 1.21. The van der Waals surface area contributed by atoms with Gasteiger partial charge in [-0.05, 0) is 31.5 Å². The van der Waals surface area contributed by atoms with Gasteiger partial charge in [-0.3, -0.25) is 0 Å². The zero-order valence-corrected chi connectivity index (χ0v) is 9.36. The Labute approximate surface area is 89.6 Å². The van der Waals surface area contributed by atoms with Gasteiger partial charge < -0.3 is 5.32 Å². The monoisotopic (exact) mass is 208 g/mol. The van der Waals surface area contributed by atoms with Crippen molar-refractivity contribution in [3.63, 3.8) is 0 Å². The van der Waals surface area contributed by atoms with Gasteiger partial charge in [-0.2, -0.15) is 5.26 Å². The molecule has 1 rings (SSSR count).